The summed E-state index contributed by atoms with van der Waals surface area (Å²) in [6.45, 7) is 0. The number of aromatic nitrogens is 1. The Balaban J connectivity index is 2.36. The Hall–Kier alpha value is -1.86. The highest BCUT2D eigenvalue weighted by molar-refractivity contribution is 6.32. The van der Waals surface area contributed by atoms with Gasteiger partial charge in [0.1, 0.15) is 0 Å². The zero-order chi connectivity index (χ0) is 11.7. The first-order chi connectivity index (χ1) is 8.34. The van der Waals surface area contributed by atoms with Crippen LogP contribution in [-0.4, -0.2) is 4.98 Å². The first-order valence-corrected chi connectivity index (χ1v) is 5.81. The molecule has 3 aromatic rings. The van der Waals surface area contributed by atoms with Gasteiger partial charge in [-0.3, -0.25) is 4.98 Å². The van der Waals surface area contributed by atoms with Gasteiger partial charge in [-0.25, -0.2) is 0 Å². The fourth-order valence-corrected chi connectivity index (χ4v) is 2.26. The van der Waals surface area contributed by atoms with Crippen LogP contribution in [-0.2, 0) is 0 Å². The molecule has 1 aromatic heterocycles. The third kappa shape index (κ3) is 1.90. The summed E-state index contributed by atoms with van der Waals surface area (Å²) in [5.41, 5.74) is 2.32. The highest BCUT2D eigenvalue weighted by Gasteiger charge is 2.05. The third-order valence-electron chi connectivity index (χ3n) is 2.80. The monoisotopic (exact) mass is 239 g/mol. The van der Waals surface area contributed by atoms with Gasteiger partial charge in [0.05, 0.1) is 0 Å². The molecule has 0 saturated heterocycles. The van der Waals surface area contributed by atoms with Crippen LogP contribution in [0.15, 0.2) is 60.9 Å². The molecule has 0 spiro atoms. The minimum atomic E-state index is 0.740. The molecule has 0 N–H and O–H groups in total. The van der Waals surface area contributed by atoms with Crippen LogP contribution in [0.4, 0.5) is 0 Å². The Morgan fingerprint density at radius 2 is 1.76 bits per heavy atom. The maximum absolute atomic E-state index is 6.15. The van der Waals surface area contributed by atoms with E-state index in [9.17, 15) is 0 Å². The standard InChI is InChI=1S/C15H10ClN/c16-13-8-12-10-17-7-6-14(12)15(9-13)11-4-2-1-3-5-11/h1-10H. The van der Waals surface area contributed by atoms with E-state index in [1.807, 2.05) is 48.8 Å². The Morgan fingerprint density at radius 3 is 2.59 bits per heavy atom. The van der Waals surface area contributed by atoms with Crippen LogP contribution < -0.4 is 0 Å². The van der Waals surface area contributed by atoms with Gasteiger partial charge in [0.2, 0.25) is 0 Å². The fourth-order valence-electron chi connectivity index (χ4n) is 2.03. The Kier molecular flexibility index (Phi) is 2.54. The van der Waals surface area contributed by atoms with E-state index >= 15 is 0 Å². The number of benzene rings is 2. The summed E-state index contributed by atoms with van der Waals surface area (Å²) in [7, 11) is 0. The van der Waals surface area contributed by atoms with E-state index in [-0.39, 0.29) is 0 Å². The van der Waals surface area contributed by atoms with Crippen LogP contribution in [0.5, 0.6) is 0 Å². The molecule has 1 nitrogen and oxygen atoms in total. The molecule has 0 unspecified atom stereocenters. The lowest BCUT2D eigenvalue weighted by molar-refractivity contribution is 1.36. The van der Waals surface area contributed by atoms with E-state index in [0.29, 0.717) is 0 Å². The van der Waals surface area contributed by atoms with Crippen LogP contribution in [0.1, 0.15) is 0 Å². The van der Waals surface area contributed by atoms with Crippen LogP contribution in [0.25, 0.3) is 21.9 Å². The zero-order valence-corrected chi connectivity index (χ0v) is 9.85. The van der Waals surface area contributed by atoms with Crippen molar-refractivity contribution in [3.63, 3.8) is 0 Å². The van der Waals surface area contributed by atoms with Crippen molar-refractivity contribution >= 4 is 22.4 Å². The summed E-state index contributed by atoms with van der Waals surface area (Å²) in [6.07, 6.45) is 3.65. The molecule has 17 heavy (non-hydrogen) atoms. The molecule has 0 saturated carbocycles. The van der Waals surface area contributed by atoms with Gasteiger partial charge >= 0.3 is 0 Å². The van der Waals surface area contributed by atoms with Crippen molar-refractivity contribution in [3.05, 3.63) is 65.9 Å². The first kappa shape index (κ1) is 10.3. The van der Waals surface area contributed by atoms with Gasteiger partial charge in [0.25, 0.3) is 0 Å². The first-order valence-electron chi connectivity index (χ1n) is 5.43. The average molecular weight is 240 g/mol. The molecule has 0 fully saturated rings. The molecule has 82 valence electrons. The minimum Gasteiger partial charge on any atom is -0.264 e. The van der Waals surface area contributed by atoms with Crippen molar-refractivity contribution in [2.75, 3.05) is 0 Å². The molecule has 2 aromatic carbocycles. The van der Waals surface area contributed by atoms with E-state index in [4.69, 9.17) is 11.6 Å². The van der Waals surface area contributed by atoms with E-state index in [0.717, 1.165) is 16.0 Å². The van der Waals surface area contributed by atoms with E-state index < -0.39 is 0 Å². The predicted octanol–water partition coefficient (Wildman–Crippen LogP) is 4.56. The summed E-state index contributed by atoms with van der Waals surface area (Å²) in [5, 5.41) is 2.99. The molecule has 0 radical (unpaired) electrons. The lowest BCUT2D eigenvalue weighted by Gasteiger charge is -2.07. The van der Waals surface area contributed by atoms with Crippen molar-refractivity contribution in [2.45, 2.75) is 0 Å². The van der Waals surface area contributed by atoms with Crippen LogP contribution in [0.2, 0.25) is 5.02 Å². The molecule has 1 heterocycles. The molecule has 0 atom stereocenters. The topological polar surface area (TPSA) is 12.9 Å². The third-order valence-corrected chi connectivity index (χ3v) is 3.02. The number of hydrogen-bond donors (Lipinski definition) is 0. The van der Waals surface area contributed by atoms with Crippen LogP contribution in [0.3, 0.4) is 0 Å². The predicted molar refractivity (Wildman–Crippen MR) is 72.2 cm³/mol. The van der Waals surface area contributed by atoms with Gasteiger partial charge in [-0.2, -0.15) is 0 Å². The van der Waals surface area contributed by atoms with Gasteiger partial charge in [-0.05, 0) is 34.7 Å². The largest absolute Gasteiger partial charge is 0.264 e. The average Bonchev–Trinajstić information content (AvgIpc) is 2.39. The molecule has 0 aliphatic rings. The SMILES string of the molecule is Clc1cc(-c2ccccc2)c2ccncc2c1. The maximum Gasteiger partial charge on any atom is 0.0419 e. The second-order valence-corrected chi connectivity index (χ2v) is 4.35. The smallest absolute Gasteiger partial charge is 0.0419 e. The number of halogens is 1. The van der Waals surface area contributed by atoms with Gasteiger partial charge < -0.3 is 0 Å². The highest BCUT2D eigenvalue weighted by atomic mass is 35.5. The molecule has 0 aliphatic heterocycles. The van der Waals surface area contributed by atoms with E-state index in [1.54, 1.807) is 0 Å². The number of rotatable bonds is 1. The summed E-state index contributed by atoms with van der Waals surface area (Å²) < 4.78 is 0. The number of fused-ring (bicyclic) bond motifs is 1. The highest BCUT2D eigenvalue weighted by Crippen LogP contribution is 2.31. The lowest BCUT2D eigenvalue weighted by Crippen LogP contribution is -1.82. The quantitative estimate of drug-likeness (QED) is 0.607. The summed E-state index contributed by atoms with van der Waals surface area (Å²) >= 11 is 6.15. The summed E-state index contributed by atoms with van der Waals surface area (Å²) in [5.74, 6) is 0. The van der Waals surface area contributed by atoms with Crippen molar-refractivity contribution in [2.24, 2.45) is 0 Å². The Labute approximate surface area is 105 Å². The number of pyridine rings is 1. The van der Waals surface area contributed by atoms with Gasteiger partial charge in [0, 0.05) is 22.8 Å². The van der Waals surface area contributed by atoms with Crippen molar-refractivity contribution in [3.8, 4) is 11.1 Å². The molecule has 0 aliphatic carbocycles. The summed E-state index contributed by atoms with van der Waals surface area (Å²) in [6, 6.07) is 16.2. The fraction of sp³-hybridized carbons (Fsp3) is 0. The van der Waals surface area contributed by atoms with Crippen molar-refractivity contribution < 1.29 is 0 Å². The zero-order valence-electron chi connectivity index (χ0n) is 9.10. The Morgan fingerprint density at radius 1 is 0.941 bits per heavy atom. The second kappa shape index (κ2) is 4.19. The van der Waals surface area contributed by atoms with Crippen LogP contribution >= 0.6 is 11.6 Å². The molecule has 0 amide bonds. The molecule has 0 bridgehead atoms. The minimum absolute atomic E-state index is 0.740. The van der Waals surface area contributed by atoms with Crippen molar-refractivity contribution in [1.29, 1.82) is 0 Å². The number of nitrogens with zero attached hydrogens (tertiary/aromatic N) is 1. The van der Waals surface area contributed by atoms with Crippen molar-refractivity contribution in [1.82, 2.24) is 4.98 Å². The Bertz CT molecular complexity index is 662. The normalized spacial score (nSPS) is 10.6. The van der Waals surface area contributed by atoms with Gasteiger partial charge in [0.15, 0.2) is 0 Å². The van der Waals surface area contributed by atoms with E-state index in [2.05, 4.69) is 17.1 Å². The second-order valence-electron chi connectivity index (χ2n) is 3.92. The maximum atomic E-state index is 6.15. The van der Waals surface area contributed by atoms with Crippen LogP contribution in [0, 0.1) is 0 Å². The molecular formula is C15H10ClN. The molecule has 3 rings (SSSR count). The lowest BCUT2D eigenvalue weighted by atomic mass is 10.00. The summed E-state index contributed by atoms with van der Waals surface area (Å²) in [4.78, 5) is 4.13. The van der Waals surface area contributed by atoms with E-state index in [1.165, 1.54) is 10.9 Å². The van der Waals surface area contributed by atoms with Gasteiger partial charge in [-0.1, -0.05) is 41.9 Å². The number of hydrogen-bond acceptors (Lipinski definition) is 1. The van der Waals surface area contributed by atoms with Gasteiger partial charge in [-0.15, -0.1) is 0 Å². The molecular weight excluding hydrogens is 230 g/mol. The molecule has 2 heteroatoms.